The van der Waals surface area contributed by atoms with Crippen LogP contribution in [0.3, 0.4) is 0 Å². The van der Waals surface area contributed by atoms with Crippen LogP contribution in [0.1, 0.15) is 37.2 Å². The Balaban J connectivity index is 1.76. The van der Waals surface area contributed by atoms with Crippen molar-refractivity contribution in [1.29, 1.82) is 5.41 Å². The minimum absolute atomic E-state index is 0.0140. The van der Waals surface area contributed by atoms with Gasteiger partial charge in [-0.1, -0.05) is 49.4 Å². The van der Waals surface area contributed by atoms with Crippen LogP contribution < -0.4 is 10.0 Å². The number of benzene rings is 3. The van der Waals surface area contributed by atoms with E-state index in [2.05, 4.69) is 11.5 Å². The van der Waals surface area contributed by atoms with Crippen molar-refractivity contribution in [2.24, 2.45) is 5.73 Å². The van der Waals surface area contributed by atoms with Crippen LogP contribution in [-0.4, -0.2) is 42.9 Å². The first-order valence-electron chi connectivity index (χ1n) is 12.4. The van der Waals surface area contributed by atoms with Crippen LogP contribution in [0.15, 0.2) is 77.7 Å². The predicted molar refractivity (Wildman–Crippen MR) is 148 cm³/mol. The monoisotopic (exact) mass is 533 g/mol. The zero-order chi connectivity index (χ0) is 27.3. The van der Waals surface area contributed by atoms with Crippen molar-refractivity contribution in [2.75, 3.05) is 17.5 Å². The van der Waals surface area contributed by atoms with Crippen LogP contribution in [0, 0.1) is 5.41 Å². The summed E-state index contributed by atoms with van der Waals surface area (Å²) in [5.41, 5.74) is 9.07. The summed E-state index contributed by atoms with van der Waals surface area (Å²) in [4.78, 5) is 17.3. The van der Waals surface area contributed by atoms with Crippen molar-refractivity contribution in [3.8, 4) is 0 Å². The first-order valence-corrected chi connectivity index (χ1v) is 13.8. The number of carbonyl (C=O) groups excluding carboxylic acids is 1. The zero-order valence-electron chi connectivity index (χ0n) is 21.4. The number of esters is 1. The molecule has 0 aliphatic carbocycles. The number of hydrogen-bond donors (Lipinski definition) is 2. The van der Waals surface area contributed by atoms with E-state index in [1.165, 1.54) is 12.1 Å². The minimum Gasteiger partial charge on any atom is -0.465 e. The van der Waals surface area contributed by atoms with E-state index in [9.17, 15) is 13.2 Å². The van der Waals surface area contributed by atoms with E-state index in [4.69, 9.17) is 20.9 Å². The first-order chi connectivity index (χ1) is 18.2. The maximum atomic E-state index is 13.6. The Labute approximate surface area is 222 Å². The van der Waals surface area contributed by atoms with Crippen molar-refractivity contribution in [1.82, 2.24) is 9.55 Å². The summed E-state index contributed by atoms with van der Waals surface area (Å²) >= 11 is 0. The number of aromatic nitrogens is 2. The minimum atomic E-state index is -4.04. The molecule has 9 nitrogen and oxygen atoms in total. The molecule has 10 heteroatoms. The average molecular weight is 534 g/mol. The number of carbonyl (C=O) groups is 1. The van der Waals surface area contributed by atoms with Gasteiger partial charge in [0.05, 0.1) is 28.2 Å². The molecule has 0 saturated carbocycles. The second-order valence-corrected chi connectivity index (χ2v) is 10.6. The zero-order valence-corrected chi connectivity index (χ0v) is 22.2. The fraction of sp³-hybridized carbons (Fsp3) is 0.250. The highest BCUT2D eigenvalue weighted by Crippen LogP contribution is 2.29. The largest absolute Gasteiger partial charge is 0.465 e. The van der Waals surface area contributed by atoms with Gasteiger partial charge in [0.2, 0.25) is 0 Å². The van der Waals surface area contributed by atoms with Gasteiger partial charge < -0.3 is 15.0 Å². The molecule has 0 aliphatic rings. The molecule has 1 aromatic heterocycles. The Hall–Kier alpha value is -4.18. The molecule has 0 aliphatic heterocycles. The summed E-state index contributed by atoms with van der Waals surface area (Å²) in [6.07, 6.45) is 1.44. The number of sulfonamides is 1. The van der Waals surface area contributed by atoms with Crippen molar-refractivity contribution in [3.63, 3.8) is 0 Å². The molecule has 0 unspecified atom stereocenters. The molecule has 0 saturated heterocycles. The second-order valence-electron chi connectivity index (χ2n) is 8.77. The Bertz CT molecular complexity index is 1550. The molecular weight excluding hydrogens is 502 g/mol. The number of fused-ring (bicyclic) bond motifs is 1. The number of amidine groups is 1. The number of aryl methyl sites for hydroxylation is 1. The van der Waals surface area contributed by atoms with Gasteiger partial charge in [0, 0.05) is 18.5 Å². The van der Waals surface area contributed by atoms with Gasteiger partial charge >= 0.3 is 5.97 Å². The normalized spacial score (nSPS) is 11.4. The van der Waals surface area contributed by atoms with Crippen molar-refractivity contribution >= 4 is 38.5 Å². The lowest BCUT2D eigenvalue weighted by molar-refractivity contribution is -0.141. The lowest BCUT2D eigenvalue weighted by atomic mass is 10.1. The number of anilines is 1. The van der Waals surface area contributed by atoms with E-state index in [1.54, 1.807) is 37.3 Å². The Kier molecular flexibility index (Phi) is 8.11. The van der Waals surface area contributed by atoms with Gasteiger partial charge in [-0.3, -0.25) is 14.5 Å². The molecule has 4 rings (SSSR count). The number of nitrogens with two attached hydrogens (primary N) is 1. The lowest BCUT2D eigenvalue weighted by Crippen LogP contribution is -2.36. The first kappa shape index (κ1) is 26.9. The molecule has 0 atom stereocenters. The number of imidazole rings is 1. The third kappa shape index (κ3) is 5.70. The summed E-state index contributed by atoms with van der Waals surface area (Å²) in [7, 11) is -4.04. The summed E-state index contributed by atoms with van der Waals surface area (Å²) in [5, 5.41) is 7.59. The fourth-order valence-electron chi connectivity index (χ4n) is 4.27. The molecule has 0 spiro atoms. The summed E-state index contributed by atoms with van der Waals surface area (Å²) in [6.45, 7) is 4.19. The number of nitrogen functional groups attached to an aromatic ring is 1. The fourth-order valence-corrected chi connectivity index (χ4v) is 5.70. The summed E-state index contributed by atoms with van der Waals surface area (Å²) < 4.78 is 35.4. The van der Waals surface area contributed by atoms with Gasteiger partial charge in [-0.05, 0) is 49.2 Å². The van der Waals surface area contributed by atoms with Crippen molar-refractivity contribution in [2.45, 2.75) is 38.1 Å². The maximum absolute atomic E-state index is 13.6. The Morgan fingerprint density at radius 1 is 1.05 bits per heavy atom. The molecule has 4 aromatic rings. The van der Waals surface area contributed by atoms with E-state index in [-0.39, 0.29) is 17.3 Å². The number of nitrogens with zero attached hydrogens (tertiary/aromatic N) is 3. The molecule has 0 radical (unpaired) electrons. The van der Waals surface area contributed by atoms with Gasteiger partial charge in [-0.25, -0.2) is 13.4 Å². The smallest absolute Gasteiger partial charge is 0.326 e. The molecule has 0 amide bonds. The third-order valence-corrected chi connectivity index (χ3v) is 7.87. The molecule has 198 valence electrons. The summed E-state index contributed by atoms with van der Waals surface area (Å²) in [6, 6.07) is 20.7. The lowest BCUT2D eigenvalue weighted by Gasteiger charge is -2.23. The van der Waals surface area contributed by atoms with Gasteiger partial charge in [0.15, 0.2) is 0 Å². The standard InChI is InChI=1S/C28H31N5O4S/c1-3-16-32-25-15-14-22(18-24(25)31-26(32)17-20-10-12-21(13-11-20)28(29)30)33(19-27(34)37-4-2)38(35,36)23-8-6-5-7-9-23/h5-15,18H,3-4,16-17,19H2,1-2H3,(H3,29,30). The second kappa shape index (κ2) is 11.5. The molecule has 3 N–H and O–H groups in total. The van der Waals surface area contributed by atoms with Crippen LogP contribution in [0.4, 0.5) is 5.69 Å². The molecule has 3 aromatic carbocycles. The van der Waals surface area contributed by atoms with Crippen LogP contribution in [0.25, 0.3) is 11.0 Å². The van der Waals surface area contributed by atoms with Crippen LogP contribution in [0.2, 0.25) is 0 Å². The Morgan fingerprint density at radius 3 is 2.39 bits per heavy atom. The van der Waals surface area contributed by atoms with E-state index in [0.717, 1.165) is 34.2 Å². The quantitative estimate of drug-likeness (QED) is 0.170. The van der Waals surface area contributed by atoms with E-state index in [1.807, 2.05) is 30.3 Å². The average Bonchev–Trinajstić information content (AvgIpc) is 3.24. The number of ether oxygens (including phenoxy) is 1. The molecule has 1 heterocycles. The molecule has 0 bridgehead atoms. The van der Waals surface area contributed by atoms with E-state index in [0.29, 0.717) is 23.2 Å². The van der Waals surface area contributed by atoms with Crippen molar-refractivity contribution in [3.05, 3.63) is 89.7 Å². The highest BCUT2D eigenvalue weighted by molar-refractivity contribution is 7.92. The Morgan fingerprint density at radius 2 is 1.76 bits per heavy atom. The van der Waals surface area contributed by atoms with E-state index >= 15 is 0 Å². The van der Waals surface area contributed by atoms with Crippen LogP contribution in [0.5, 0.6) is 0 Å². The van der Waals surface area contributed by atoms with Gasteiger partial charge in [0.25, 0.3) is 10.0 Å². The SMILES string of the molecule is CCCn1c(Cc2ccc(C(=N)N)cc2)nc2cc(N(CC(=O)OCC)S(=O)(=O)c3ccccc3)ccc21. The highest BCUT2D eigenvalue weighted by atomic mass is 32.2. The number of rotatable bonds is 11. The van der Waals surface area contributed by atoms with Crippen LogP contribution >= 0.6 is 0 Å². The topological polar surface area (TPSA) is 131 Å². The molecular formula is C28H31N5O4S. The van der Waals surface area contributed by atoms with Crippen molar-refractivity contribution < 1.29 is 17.9 Å². The van der Waals surface area contributed by atoms with Gasteiger partial charge in [-0.2, -0.15) is 0 Å². The predicted octanol–water partition coefficient (Wildman–Crippen LogP) is 4.08. The third-order valence-electron chi connectivity index (χ3n) is 6.08. The molecule has 38 heavy (non-hydrogen) atoms. The van der Waals surface area contributed by atoms with Gasteiger partial charge in [-0.15, -0.1) is 0 Å². The van der Waals surface area contributed by atoms with Gasteiger partial charge in [0.1, 0.15) is 18.2 Å². The number of hydrogen-bond acceptors (Lipinski definition) is 6. The highest BCUT2D eigenvalue weighted by Gasteiger charge is 2.28. The maximum Gasteiger partial charge on any atom is 0.326 e. The summed E-state index contributed by atoms with van der Waals surface area (Å²) in [5.74, 6) is 0.205. The van der Waals surface area contributed by atoms with Crippen LogP contribution in [-0.2, 0) is 32.5 Å². The van der Waals surface area contributed by atoms with E-state index < -0.39 is 22.5 Å². The number of nitrogens with one attached hydrogen (secondary N) is 1. The molecule has 0 fully saturated rings.